The Balaban J connectivity index is 0.00000676. The van der Waals surface area contributed by atoms with Gasteiger partial charge in [0.15, 0.2) is 5.96 Å². The number of rotatable bonds is 10. The Labute approximate surface area is 180 Å². The van der Waals surface area contributed by atoms with E-state index in [2.05, 4.69) is 20.9 Å². The van der Waals surface area contributed by atoms with Gasteiger partial charge < -0.3 is 25.6 Å². The maximum atomic E-state index is 12.2. The normalized spacial score (nSPS) is 12.3. The van der Waals surface area contributed by atoms with Crippen LogP contribution in [0.2, 0.25) is 0 Å². The van der Waals surface area contributed by atoms with Crippen molar-refractivity contribution in [1.29, 1.82) is 0 Å². The number of benzene rings is 1. The minimum atomic E-state index is -0.0589. The molecule has 1 aromatic rings. The number of hydrogen-bond donors (Lipinski definition) is 3. The molecule has 8 heteroatoms. The Bertz CT molecular complexity index is 581. The van der Waals surface area contributed by atoms with E-state index in [1.165, 1.54) is 0 Å². The van der Waals surface area contributed by atoms with Crippen LogP contribution >= 0.6 is 24.0 Å². The van der Waals surface area contributed by atoms with Crippen LogP contribution in [-0.4, -0.2) is 70.3 Å². The molecule has 0 aromatic heterocycles. The van der Waals surface area contributed by atoms with E-state index in [0.29, 0.717) is 25.3 Å². The lowest BCUT2D eigenvalue weighted by molar-refractivity contribution is 0.0951. The van der Waals surface area contributed by atoms with Crippen molar-refractivity contribution < 1.29 is 9.53 Å². The molecule has 0 aliphatic heterocycles. The van der Waals surface area contributed by atoms with Crippen LogP contribution in [-0.2, 0) is 11.3 Å². The molecule has 0 aliphatic rings. The van der Waals surface area contributed by atoms with Crippen LogP contribution in [0.5, 0.6) is 0 Å². The van der Waals surface area contributed by atoms with Crippen LogP contribution in [0.3, 0.4) is 0 Å². The number of carbonyl (C=O) groups excluding carboxylic acids is 1. The highest BCUT2D eigenvalue weighted by molar-refractivity contribution is 14.0. The van der Waals surface area contributed by atoms with Gasteiger partial charge in [-0.05, 0) is 45.6 Å². The molecule has 7 nitrogen and oxygen atoms in total. The molecule has 0 saturated heterocycles. The zero-order valence-corrected chi connectivity index (χ0v) is 19.4. The molecule has 1 amide bonds. The summed E-state index contributed by atoms with van der Waals surface area (Å²) in [6.07, 6.45) is 0. The van der Waals surface area contributed by atoms with Gasteiger partial charge in [-0.3, -0.25) is 4.79 Å². The van der Waals surface area contributed by atoms with Gasteiger partial charge in [0.05, 0.1) is 13.2 Å². The minimum Gasteiger partial charge on any atom is -0.383 e. The molecule has 0 spiro atoms. The maximum absolute atomic E-state index is 12.2. The lowest BCUT2D eigenvalue weighted by Crippen LogP contribution is -2.43. The summed E-state index contributed by atoms with van der Waals surface area (Å²) in [7, 11) is 5.64. The monoisotopic (exact) mass is 491 g/mol. The number of amides is 1. The molecule has 3 N–H and O–H groups in total. The van der Waals surface area contributed by atoms with Crippen molar-refractivity contribution in [3.8, 4) is 0 Å². The molecule has 27 heavy (non-hydrogen) atoms. The summed E-state index contributed by atoms with van der Waals surface area (Å²) in [5.41, 5.74) is 1.64. The highest BCUT2D eigenvalue weighted by Gasteiger charge is 2.07. The third-order valence-corrected chi connectivity index (χ3v) is 3.60. The summed E-state index contributed by atoms with van der Waals surface area (Å²) in [6, 6.07) is 7.73. The lowest BCUT2D eigenvalue weighted by atomic mass is 10.1. The van der Waals surface area contributed by atoms with E-state index in [-0.39, 0.29) is 35.9 Å². The molecule has 1 atom stereocenters. The molecule has 1 aromatic carbocycles. The molecule has 1 rings (SSSR count). The second-order valence-electron chi connectivity index (χ2n) is 6.46. The molecule has 0 heterocycles. The second kappa shape index (κ2) is 14.6. The van der Waals surface area contributed by atoms with Crippen LogP contribution in [0.25, 0.3) is 0 Å². The van der Waals surface area contributed by atoms with E-state index in [0.717, 1.165) is 24.6 Å². The Morgan fingerprint density at radius 3 is 2.67 bits per heavy atom. The molecule has 0 bridgehead atoms. The number of aliphatic imine (C=N–C) groups is 1. The number of ether oxygens (including phenoxy) is 1. The fraction of sp³-hybridized carbons (Fsp3) is 0.579. The smallest absolute Gasteiger partial charge is 0.251 e. The SMILES string of the molecule is CCNC(=NCc1cccc(C(=O)NCCN(C)C)c1)NC(C)COC.I. The fourth-order valence-corrected chi connectivity index (χ4v) is 2.32. The Hall–Kier alpha value is -1.39. The van der Waals surface area contributed by atoms with Crippen LogP contribution in [0.4, 0.5) is 0 Å². The molecule has 0 aliphatic carbocycles. The number of halogens is 1. The van der Waals surface area contributed by atoms with Crippen molar-refractivity contribution in [2.24, 2.45) is 4.99 Å². The first-order chi connectivity index (χ1) is 12.5. The number of likely N-dealkylation sites (N-methyl/N-ethyl adjacent to an activating group) is 1. The average Bonchev–Trinajstić information content (AvgIpc) is 2.60. The van der Waals surface area contributed by atoms with Crippen molar-refractivity contribution >= 4 is 35.8 Å². The van der Waals surface area contributed by atoms with Crippen LogP contribution in [0.15, 0.2) is 29.3 Å². The van der Waals surface area contributed by atoms with E-state index in [4.69, 9.17) is 4.74 Å². The summed E-state index contributed by atoms with van der Waals surface area (Å²) in [4.78, 5) is 18.9. The van der Waals surface area contributed by atoms with Gasteiger partial charge in [0.1, 0.15) is 0 Å². The summed E-state index contributed by atoms with van der Waals surface area (Å²) in [6.45, 7) is 7.37. The lowest BCUT2D eigenvalue weighted by Gasteiger charge is -2.17. The van der Waals surface area contributed by atoms with Gasteiger partial charge >= 0.3 is 0 Å². The molecule has 0 saturated carbocycles. The van der Waals surface area contributed by atoms with Gasteiger partial charge in [-0.15, -0.1) is 24.0 Å². The molecule has 0 radical (unpaired) electrons. The Morgan fingerprint density at radius 1 is 1.30 bits per heavy atom. The largest absolute Gasteiger partial charge is 0.383 e. The number of nitrogens with one attached hydrogen (secondary N) is 3. The van der Waals surface area contributed by atoms with E-state index in [9.17, 15) is 4.79 Å². The predicted octanol–water partition coefficient (Wildman–Crippen LogP) is 1.69. The predicted molar refractivity (Wildman–Crippen MR) is 122 cm³/mol. The van der Waals surface area contributed by atoms with E-state index < -0.39 is 0 Å². The number of carbonyl (C=O) groups is 1. The summed E-state index contributed by atoms with van der Waals surface area (Å²) in [5, 5.41) is 9.44. The van der Waals surface area contributed by atoms with Crippen molar-refractivity contribution in [1.82, 2.24) is 20.9 Å². The summed E-state index contributed by atoms with van der Waals surface area (Å²) >= 11 is 0. The molecular formula is C19H34IN5O2. The highest BCUT2D eigenvalue weighted by Crippen LogP contribution is 2.07. The Kier molecular flexibility index (Phi) is 13.9. The van der Waals surface area contributed by atoms with Gasteiger partial charge in [0, 0.05) is 38.3 Å². The third-order valence-electron chi connectivity index (χ3n) is 3.60. The van der Waals surface area contributed by atoms with E-state index in [1.807, 2.05) is 57.1 Å². The number of guanidine groups is 1. The number of hydrogen-bond acceptors (Lipinski definition) is 4. The zero-order valence-electron chi connectivity index (χ0n) is 17.0. The van der Waals surface area contributed by atoms with Crippen molar-refractivity contribution in [3.05, 3.63) is 35.4 Å². The van der Waals surface area contributed by atoms with Crippen LogP contribution in [0, 0.1) is 0 Å². The number of methoxy groups -OCH3 is 1. The van der Waals surface area contributed by atoms with E-state index in [1.54, 1.807) is 7.11 Å². The van der Waals surface area contributed by atoms with Gasteiger partial charge in [0.2, 0.25) is 0 Å². The fourth-order valence-electron chi connectivity index (χ4n) is 2.32. The van der Waals surface area contributed by atoms with Crippen molar-refractivity contribution in [3.63, 3.8) is 0 Å². The number of nitrogens with zero attached hydrogens (tertiary/aromatic N) is 2. The minimum absolute atomic E-state index is 0. The Morgan fingerprint density at radius 2 is 2.04 bits per heavy atom. The average molecular weight is 491 g/mol. The molecular weight excluding hydrogens is 457 g/mol. The summed E-state index contributed by atoms with van der Waals surface area (Å²) < 4.78 is 5.14. The van der Waals surface area contributed by atoms with Gasteiger partial charge in [0.25, 0.3) is 5.91 Å². The van der Waals surface area contributed by atoms with Crippen LogP contribution < -0.4 is 16.0 Å². The van der Waals surface area contributed by atoms with Crippen molar-refractivity contribution in [2.45, 2.75) is 26.4 Å². The second-order valence-corrected chi connectivity index (χ2v) is 6.46. The highest BCUT2D eigenvalue weighted by atomic mass is 127. The quantitative estimate of drug-likeness (QED) is 0.264. The van der Waals surface area contributed by atoms with Gasteiger partial charge in [-0.25, -0.2) is 4.99 Å². The first-order valence-corrected chi connectivity index (χ1v) is 9.01. The summed E-state index contributed by atoms with van der Waals surface area (Å²) in [5.74, 6) is 0.675. The van der Waals surface area contributed by atoms with Gasteiger partial charge in [-0.2, -0.15) is 0 Å². The zero-order chi connectivity index (χ0) is 19.4. The third kappa shape index (κ3) is 11.1. The standard InChI is InChI=1S/C19H33N5O2.HI/c1-6-20-19(23-15(2)14-26-5)22-13-16-8-7-9-17(12-16)18(25)21-10-11-24(3)4;/h7-9,12,15H,6,10-11,13-14H2,1-5H3,(H,21,25)(H2,20,22,23);1H. The molecule has 1 unspecified atom stereocenters. The first kappa shape index (κ1) is 25.6. The molecule has 154 valence electrons. The first-order valence-electron chi connectivity index (χ1n) is 9.01. The van der Waals surface area contributed by atoms with Crippen molar-refractivity contribution in [2.75, 3.05) is 47.4 Å². The van der Waals surface area contributed by atoms with Gasteiger partial charge in [-0.1, -0.05) is 12.1 Å². The van der Waals surface area contributed by atoms with E-state index >= 15 is 0 Å². The topological polar surface area (TPSA) is 78.0 Å². The van der Waals surface area contributed by atoms with Crippen LogP contribution in [0.1, 0.15) is 29.8 Å². The maximum Gasteiger partial charge on any atom is 0.251 e. The molecule has 0 fully saturated rings.